The fourth-order valence-corrected chi connectivity index (χ4v) is 4.40. The molecule has 5 nitrogen and oxygen atoms in total. The lowest BCUT2D eigenvalue weighted by molar-refractivity contribution is 0.601. The van der Waals surface area contributed by atoms with Crippen molar-refractivity contribution < 1.29 is 8.42 Å². The van der Waals surface area contributed by atoms with Gasteiger partial charge in [0.25, 0.3) is 10.0 Å². The summed E-state index contributed by atoms with van der Waals surface area (Å²) in [5.41, 5.74) is 0.965. The average molecular weight is 435 g/mol. The first kappa shape index (κ1) is 16.3. The Morgan fingerprint density at radius 1 is 1.19 bits per heavy atom. The molecule has 0 bridgehead atoms. The molecular formula is C13H13Br2N3O2S. The van der Waals surface area contributed by atoms with Crippen molar-refractivity contribution >= 4 is 53.3 Å². The number of pyridine rings is 1. The Bertz CT molecular complexity index is 731. The second-order valence-electron chi connectivity index (χ2n) is 4.10. The highest BCUT2D eigenvalue weighted by Crippen LogP contribution is 2.33. The normalized spacial score (nSPS) is 11.2. The molecule has 0 amide bonds. The molecule has 0 fully saturated rings. The van der Waals surface area contributed by atoms with Gasteiger partial charge in [0.05, 0.1) is 11.4 Å². The van der Waals surface area contributed by atoms with Crippen LogP contribution >= 0.6 is 31.9 Å². The van der Waals surface area contributed by atoms with E-state index in [9.17, 15) is 8.42 Å². The van der Waals surface area contributed by atoms with Crippen molar-refractivity contribution in [1.29, 1.82) is 0 Å². The van der Waals surface area contributed by atoms with Crippen LogP contribution in [0.15, 0.2) is 50.5 Å². The Hall–Kier alpha value is -1.12. The van der Waals surface area contributed by atoms with Crippen molar-refractivity contribution in [2.75, 3.05) is 16.6 Å². The van der Waals surface area contributed by atoms with Crippen LogP contribution in [0.2, 0.25) is 0 Å². The predicted molar refractivity (Wildman–Crippen MR) is 91.1 cm³/mol. The zero-order chi connectivity index (χ0) is 15.5. The van der Waals surface area contributed by atoms with E-state index in [1.54, 1.807) is 30.5 Å². The van der Waals surface area contributed by atoms with Gasteiger partial charge >= 0.3 is 0 Å². The molecule has 1 aromatic carbocycles. The Morgan fingerprint density at radius 3 is 2.48 bits per heavy atom. The minimum atomic E-state index is -3.75. The van der Waals surface area contributed by atoms with Gasteiger partial charge in [-0.3, -0.25) is 9.71 Å². The number of aromatic nitrogens is 1. The summed E-state index contributed by atoms with van der Waals surface area (Å²) in [7, 11) is -3.75. The Kier molecular flexibility index (Phi) is 5.23. The lowest BCUT2D eigenvalue weighted by Crippen LogP contribution is -2.16. The van der Waals surface area contributed by atoms with E-state index in [4.69, 9.17) is 0 Å². The molecule has 0 radical (unpaired) electrons. The van der Waals surface area contributed by atoms with Crippen molar-refractivity contribution in [2.24, 2.45) is 0 Å². The molecule has 0 aliphatic carbocycles. The smallest absolute Gasteiger partial charge is 0.265 e. The van der Waals surface area contributed by atoms with E-state index in [1.807, 2.05) is 6.92 Å². The Labute approximate surface area is 140 Å². The van der Waals surface area contributed by atoms with E-state index < -0.39 is 10.0 Å². The molecule has 0 saturated heterocycles. The zero-order valence-corrected chi connectivity index (χ0v) is 15.1. The average Bonchev–Trinajstić information content (AvgIpc) is 2.44. The predicted octanol–water partition coefficient (Wildman–Crippen LogP) is 3.84. The van der Waals surface area contributed by atoms with Crippen LogP contribution in [0, 0.1) is 0 Å². The van der Waals surface area contributed by atoms with Crippen molar-refractivity contribution in [1.82, 2.24) is 4.98 Å². The molecule has 0 atom stereocenters. The number of nitrogens with one attached hydrogen (secondary N) is 2. The highest BCUT2D eigenvalue weighted by molar-refractivity contribution is 9.11. The molecule has 112 valence electrons. The van der Waals surface area contributed by atoms with Crippen LogP contribution < -0.4 is 10.0 Å². The fourth-order valence-electron chi connectivity index (χ4n) is 1.72. The number of hydrogen-bond acceptors (Lipinski definition) is 4. The lowest BCUT2D eigenvalue weighted by Gasteiger charge is -2.14. The van der Waals surface area contributed by atoms with Gasteiger partial charge in [-0.2, -0.15) is 0 Å². The minimum absolute atomic E-state index is 0.106. The topological polar surface area (TPSA) is 71.1 Å². The number of benzene rings is 1. The third kappa shape index (κ3) is 3.75. The number of hydrogen-bond donors (Lipinski definition) is 2. The molecule has 0 aliphatic heterocycles. The van der Waals surface area contributed by atoms with Crippen LogP contribution in [0.25, 0.3) is 0 Å². The summed E-state index contributed by atoms with van der Waals surface area (Å²) in [6, 6.07) is 6.96. The maximum Gasteiger partial charge on any atom is 0.265 e. The van der Waals surface area contributed by atoms with Gasteiger partial charge < -0.3 is 5.32 Å². The molecule has 21 heavy (non-hydrogen) atoms. The number of para-hydroxylation sites is 1. The zero-order valence-electron chi connectivity index (χ0n) is 11.1. The molecule has 2 rings (SSSR count). The lowest BCUT2D eigenvalue weighted by atomic mass is 10.3. The first-order valence-electron chi connectivity index (χ1n) is 6.10. The van der Waals surface area contributed by atoms with Gasteiger partial charge in [0, 0.05) is 27.9 Å². The second-order valence-corrected chi connectivity index (χ2v) is 7.46. The minimum Gasteiger partial charge on any atom is -0.384 e. The molecule has 0 unspecified atom stereocenters. The Balaban J connectivity index is 2.44. The molecule has 0 aliphatic rings. The molecule has 1 aromatic heterocycles. The maximum absolute atomic E-state index is 12.6. The van der Waals surface area contributed by atoms with E-state index in [2.05, 4.69) is 46.9 Å². The summed E-state index contributed by atoms with van der Waals surface area (Å²) >= 11 is 6.67. The second kappa shape index (κ2) is 6.76. The standard InChI is InChI=1S/C13H13Br2N3O2S/c1-2-17-11-6-7-16-8-12(11)21(19,20)18-13-9(14)4-3-5-10(13)15/h3-8,18H,2H2,1H3,(H,16,17). The first-order valence-corrected chi connectivity index (χ1v) is 9.17. The number of sulfonamides is 1. The van der Waals surface area contributed by atoms with Crippen LogP contribution in [0.5, 0.6) is 0 Å². The van der Waals surface area contributed by atoms with Gasteiger partial charge in [0.1, 0.15) is 4.90 Å². The molecule has 1 heterocycles. The summed E-state index contributed by atoms with van der Waals surface area (Å²) in [4.78, 5) is 4.00. The van der Waals surface area contributed by atoms with E-state index in [0.717, 1.165) is 0 Å². The Morgan fingerprint density at radius 2 is 1.86 bits per heavy atom. The molecule has 0 saturated carbocycles. The van der Waals surface area contributed by atoms with Gasteiger partial charge in [-0.1, -0.05) is 6.07 Å². The number of rotatable bonds is 5. The van der Waals surface area contributed by atoms with E-state index >= 15 is 0 Å². The molecule has 2 N–H and O–H groups in total. The summed E-state index contributed by atoms with van der Waals surface area (Å²) in [6.07, 6.45) is 2.87. The summed E-state index contributed by atoms with van der Waals surface area (Å²) in [6.45, 7) is 2.51. The van der Waals surface area contributed by atoms with Gasteiger partial charge in [-0.15, -0.1) is 0 Å². The van der Waals surface area contributed by atoms with Gasteiger partial charge in [0.2, 0.25) is 0 Å². The van der Waals surface area contributed by atoms with Crippen LogP contribution in [0.1, 0.15) is 6.92 Å². The SMILES string of the molecule is CCNc1ccncc1S(=O)(=O)Nc1c(Br)cccc1Br. The van der Waals surface area contributed by atoms with Crippen LogP contribution in [0.3, 0.4) is 0 Å². The number of anilines is 2. The third-order valence-corrected chi connectivity index (χ3v) is 5.34. The largest absolute Gasteiger partial charge is 0.384 e. The first-order chi connectivity index (χ1) is 9.95. The van der Waals surface area contributed by atoms with Crippen molar-refractivity contribution in [3.8, 4) is 0 Å². The molecule has 2 aromatic rings. The highest BCUT2D eigenvalue weighted by atomic mass is 79.9. The fraction of sp³-hybridized carbons (Fsp3) is 0.154. The third-order valence-electron chi connectivity index (χ3n) is 2.64. The van der Waals surface area contributed by atoms with Crippen molar-refractivity contribution in [3.63, 3.8) is 0 Å². The maximum atomic E-state index is 12.6. The quantitative estimate of drug-likeness (QED) is 0.749. The number of nitrogens with zero attached hydrogens (tertiary/aromatic N) is 1. The van der Waals surface area contributed by atoms with Crippen molar-refractivity contribution in [2.45, 2.75) is 11.8 Å². The summed E-state index contributed by atoms with van der Waals surface area (Å²) in [5.74, 6) is 0. The van der Waals surface area contributed by atoms with Gasteiger partial charge in [-0.25, -0.2) is 8.42 Å². The van der Waals surface area contributed by atoms with E-state index in [1.165, 1.54) is 6.20 Å². The molecule has 0 spiro atoms. The molecule has 8 heteroatoms. The van der Waals surface area contributed by atoms with E-state index in [-0.39, 0.29) is 4.90 Å². The number of halogens is 2. The summed E-state index contributed by atoms with van der Waals surface area (Å²) in [5, 5.41) is 3.01. The van der Waals surface area contributed by atoms with Crippen molar-refractivity contribution in [3.05, 3.63) is 45.6 Å². The van der Waals surface area contributed by atoms with Crippen LogP contribution in [0.4, 0.5) is 11.4 Å². The van der Waals surface area contributed by atoms with Crippen LogP contribution in [-0.4, -0.2) is 19.9 Å². The van der Waals surface area contributed by atoms with E-state index in [0.29, 0.717) is 26.9 Å². The monoisotopic (exact) mass is 433 g/mol. The summed E-state index contributed by atoms with van der Waals surface area (Å²) < 4.78 is 29.0. The van der Waals surface area contributed by atoms with Gasteiger partial charge in [0.15, 0.2) is 0 Å². The molecular weight excluding hydrogens is 422 g/mol. The highest BCUT2D eigenvalue weighted by Gasteiger charge is 2.21. The van der Waals surface area contributed by atoms with Crippen LogP contribution in [-0.2, 0) is 10.0 Å². The van der Waals surface area contributed by atoms with Gasteiger partial charge in [-0.05, 0) is 57.0 Å².